The second-order valence-corrected chi connectivity index (χ2v) is 7.05. The summed E-state index contributed by atoms with van der Waals surface area (Å²) in [5.74, 6) is 1.38. The highest BCUT2D eigenvalue weighted by Crippen LogP contribution is 2.28. The molecule has 4 rings (SSSR count). The minimum absolute atomic E-state index is 0.258. The molecule has 4 heteroatoms. The Morgan fingerprint density at radius 2 is 1.92 bits per heavy atom. The molecule has 1 aromatic heterocycles. The summed E-state index contributed by atoms with van der Waals surface area (Å²) in [4.78, 5) is 7.29. The van der Waals surface area contributed by atoms with Crippen LogP contribution in [0, 0.1) is 12.8 Å². The maximum Gasteiger partial charge on any atom is 0.206 e. The van der Waals surface area contributed by atoms with E-state index in [-0.39, 0.29) is 6.61 Å². The van der Waals surface area contributed by atoms with Gasteiger partial charge in [-0.2, -0.15) is 0 Å². The first-order valence-electron chi connectivity index (χ1n) is 9.12. The zero-order valence-electron chi connectivity index (χ0n) is 14.7. The van der Waals surface area contributed by atoms with Gasteiger partial charge in [-0.3, -0.25) is 0 Å². The van der Waals surface area contributed by atoms with Gasteiger partial charge in [-0.15, -0.1) is 0 Å². The highest BCUT2D eigenvalue weighted by Gasteiger charge is 2.24. The maximum atomic E-state index is 9.58. The molecular formula is C21H25N3O. The first-order chi connectivity index (χ1) is 12.3. The van der Waals surface area contributed by atoms with Gasteiger partial charge in [0.25, 0.3) is 0 Å². The quantitative estimate of drug-likeness (QED) is 0.792. The maximum absolute atomic E-state index is 9.58. The summed E-state index contributed by atoms with van der Waals surface area (Å²) in [5, 5.41) is 9.58. The highest BCUT2D eigenvalue weighted by atomic mass is 16.3. The van der Waals surface area contributed by atoms with Crippen LogP contribution in [0.3, 0.4) is 0 Å². The Labute approximate surface area is 148 Å². The van der Waals surface area contributed by atoms with E-state index in [1.54, 1.807) is 0 Å². The summed E-state index contributed by atoms with van der Waals surface area (Å²) in [5.41, 5.74) is 4.84. The fourth-order valence-corrected chi connectivity index (χ4v) is 3.81. The fourth-order valence-electron chi connectivity index (χ4n) is 3.81. The smallest absolute Gasteiger partial charge is 0.206 e. The van der Waals surface area contributed by atoms with Crippen LogP contribution >= 0.6 is 0 Å². The average molecular weight is 335 g/mol. The van der Waals surface area contributed by atoms with Crippen molar-refractivity contribution in [3.63, 3.8) is 0 Å². The van der Waals surface area contributed by atoms with Crippen LogP contribution in [-0.4, -0.2) is 34.4 Å². The molecule has 0 radical (unpaired) electrons. The predicted molar refractivity (Wildman–Crippen MR) is 102 cm³/mol. The van der Waals surface area contributed by atoms with Crippen molar-refractivity contribution < 1.29 is 5.11 Å². The van der Waals surface area contributed by atoms with Gasteiger partial charge in [0.2, 0.25) is 5.95 Å². The van der Waals surface area contributed by atoms with Gasteiger partial charge in [0.05, 0.1) is 17.6 Å². The lowest BCUT2D eigenvalue weighted by Gasteiger charge is -2.33. The van der Waals surface area contributed by atoms with E-state index in [2.05, 4.69) is 58.9 Å². The van der Waals surface area contributed by atoms with Crippen LogP contribution in [-0.2, 0) is 6.54 Å². The van der Waals surface area contributed by atoms with Gasteiger partial charge < -0.3 is 14.6 Å². The number of para-hydroxylation sites is 2. The van der Waals surface area contributed by atoms with Crippen LogP contribution in [0.1, 0.15) is 24.0 Å². The fraction of sp³-hybridized carbons (Fsp3) is 0.381. The third-order valence-electron chi connectivity index (χ3n) is 5.28. The third-order valence-corrected chi connectivity index (χ3v) is 5.28. The number of nitrogens with zero attached hydrogens (tertiary/aromatic N) is 3. The lowest BCUT2D eigenvalue weighted by Crippen LogP contribution is -2.38. The molecule has 25 heavy (non-hydrogen) atoms. The van der Waals surface area contributed by atoms with E-state index in [9.17, 15) is 5.11 Å². The Bertz CT molecular complexity index is 870. The van der Waals surface area contributed by atoms with Crippen molar-refractivity contribution in [2.24, 2.45) is 5.92 Å². The Morgan fingerprint density at radius 1 is 1.12 bits per heavy atom. The molecule has 1 fully saturated rings. The summed E-state index contributed by atoms with van der Waals surface area (Å²) in [6, 6.07) is 16.9. The van der Waals surface area contributed by atoms with Crippen molar-refractivity contribution >= 4 is 17.0 Å². The Kier molecular flexibility index (Phi) is 4.45. The molecule has 1 aliphatic heterocycles. The molecule has 1 atom stereocenters. The van der Waals surface area contributed by atoms with Crippen LogP contribution in [0.25, 0.3) is 11.0 Å². The van der Waals surface area contributed by atoms with Crippen molar-refractivity contribution in [1.82, 2.24) is 9.55 Å². The molecular weight excluding hydrogens is 310 g/mol. The summed E-state index contributed by atoms with van der Waals surface area (Å²) in [7, 11) is 0. The number of aliphatic hydroxyl groups excluding tert-OH is 1. The summed E-state index contributed by atoms with van der Waals surface area (Å²) >= 11 is 0. The largest absolute Gasteiger partial charge is 0.396 e. The summed E-state index contributed by atoms with van der Waals surface area (Å²) in [6.45, 7) is 5.13. The third kappa shape index (κ3) is 3.14. The lowest BCUT2D eigenvalue weighted by molar-refractivity contribution is 0.208. The van der Waals surface area contributed by atoms with Crippen molar-refractivity contribution in [1.29, 1.82) is 0 Å². The molecule has 130 valence electrons. The van der Waals surface area contributed by atoms with Gasteiger partial charge in [0.15, 0.2) is 0 Å². The Hall–Kier alpha value is -2.33. The van der Waals surface area contributed by atoms with Crippen LogP contribution in [0.5, 0.6) is 0 Å². The number of hydrogen-bond donors (Lipinski definition) is 1. The van der Waals surface area contributed by atoms with E-state index in [0.717, 1.165) is 43.9 Å². The van der Waals surface area contributed by atoms with Crippen LogP contribution in [0.4, 0.5) is 5.95 Å². The molecule has 0 unspecified atom stereocenters. The molecule has 2 heterocycles. The zero-order chi connectivity index (χ0) is 17.2. The van der Waals surface area contributed by atoms with Gasteiger partial charge in [-0.1, -0.05) is 36.4 Å². The van der Waals surface area contributed by atoms with Crippen molar-refractivity contribution in [3.8, 4) is 0 Å². The number of anilines is 1. The first-order valence-corrected chi connectivity index (χ1v) is 9.12. The average Bonchev–Trinajstić information content (AvgIpc) is 3.02. The number of rotatable bonds is 4. The topological polar surface area (TPSA) is 41.3 Å². The second kappa shape index (κ2) is 6.89. The first kappa shape index (κ1) is 16.2. The normalized spacial score (nSPS) is 18.0. The van der Waals surface area contributed by atoms with Gasteiger partial charge in [-0.05, 0) is 48.9 Å². The van der Waals surface area contributed by atoms with Gasteiger partial charge >= 0.3 is 0 Å². The molecule has 0 bridgehead atoms. The van der Waals surface area contributed by atoms with E-state index < -0.39 is 0 Å². The van der Waals surface area contributed by atoms with Crippen LogP contribution in [0.2, 0.25) is 0 Å². The van der Waals surface area contributed by atoms with E-state index in [1.165, 1.54) is 16.6 Å². The molecule has 3 aromatic rings. The molecule has 1 saturated heterocycles. The molecule has 4 nitrogen and oxygen atoms in total. The molecule has 0 spiro atoms. The SMILES string of the molecule is Cc1ccccc1Cn1c(N2CCC[C@@H](CO)C2)nc2ccccc21. The number of aliphatic hydroxyl groups is 1. The highest BCUT2D eigenvalue weighted by molar-refractivity contribution is 5.79. The van der Waals surface area contributed by atoms with E-state index in [4.69, 9.17) is 4.98 Å². The molecule has 0 amide bonds. The summed E-state index contributed by atoms with van der Waals surface area (Å²) in [6.07, 6.45) is 2.21. The number of imidazole rings is 1. The Balaban J connectivity index is 1.77. The second-order valence-electron chi connectivity index (χ2n) is 7.05. The Morgan fingerprint density at radius 3 is 2.76 bits per heavy atom. The minimum atomic E-state index is 0.258. The summed E-state index contributed by atoms with van der Waals surface area (Å²) < 4.78 is 2.33. The van der Waals surface area contributed by atoms with E-state index in [0.29, 0.717) is 5.92 Å². The van der Waals surface area contributed by atoms with Gasteiger partial charge in [0, 0.05) is 19.7 Å². The number of piperidine rings is 1. The van der Waals surface area contributed by atoms with Crippen LogP contribution < -0.4 is 4.90 Å². The van der Waals surface area contributed by atoms with Crippen molar-refractivity contribution in [2.45, 2.75) is 26.3 Å². The lowest BCUT2D eigenvalue weighted by atomic mass is 9.99. The number of aryl methyl sites for hydroxylation is 1. The number of aromatic nitrogens is 2. The van der Waals surface area contributed by atoms with Gasteiger partial charge in [-0.25, -0.2) is 4.98 Å². The van der Waals surface area contributed by atoms with Crippen LogP contribution in [0.15, 0.2) is 48.5 Å². The number of benzene rings is 2. The molecule has 1 N–H and O–H groups in total. The monoisotopic (exact) mass is 335 g/mol. The van der Waals surface area contributed by atoms with E-state index in [1.807, 2.05) is 6.07 Å². The molecule has 1 aliphatic rings. The van der Waals surface area contributed by atoms with Gasteiger partial charge in [0.1, 0.15) is 0 Å². The number of hydrogen-bond acceptors (Lipinski definition) is 3. The molecule has 0 aliphatic carbocycles. The number of fused-ring (bicyclic) bond motifs is 1. The zero-order valence-corrected chi connectivity index (χ0v) is 14.7. The predicted octanol–water partition coefficient (Wildman–Crippen LogP) is 3.60. The molecule has 0 saturated carbocycles. The van der Waals surface area contributed by atoms with Crippen molar-refractivity contribution in [3.05, 3.63) is 59.7 Å². The van der Waals surface area contributed by atoms with E-state index >= 15 is 0 Å². The molecule has 2 aromatic carbocycles. The standard InChI is InChI=1S/C21H25N3O/c1-16-7-2-3-9-18(16)14-24-20-11-5-4-10-19(20)22-21(24)23-12-6-8-17(13-23)15-25/h2-5,7,9-11,17,25H,6,8,12-15H2,1H3/t17-/m1/s1. The van der Waals surface area contributed by atoms with Crippen molar-refractivity contribution in [2.75, 3.05) is 24.6 Å². The minimum Gasteiger partial charge on any atom is -0.396 e.